The SMILES string of the molecule is Cn1nc(C(F)(F)F)c(C(=O)O)c1C(F)(F)F. The van der Waals surface area contributed by atoms with E-state index in [0.29, 0.717) is 7.05 Å². The van der Waals surface area contributed by atoms with Gasteiger partial charge in [-0.25, -0.2) is 4.79 Å². The number of aromatic carboxylic acids is 1. The molecular formula is C7H4F6N2O2. The fraction of sp³-hybridized carbons (Fsp3) is 0.429. The topological polar surface area (TPSA) is 55.1 Å². The zero-order valence-corrected chi connectivity index (χ0v) is 8.02. The third-order valence-electron chi connectivity index (χ3n) is 1.80. The highest BCUT2D eigenvalue weighted by Crippen LogP contribution is 2.38. The second kappa shape index (κ2) is 3.64. The molecule has 0 saturated heterocycles. The zero-order valence-electron chi connectivity index (χ0n) is 8.02. The molecular weight excluding hydrogens is 258 g/mol. The average molecular weight is 262 g/mol. The van der Waals surface area contributed by atoms with Gasteiger partial charge in [0.1, 0.15) is 5.56 Å². The van der Waals surface area contributed by atoms with Gasteiger partial charge < -0.3 is 5.11 Å². The Morgan fingerprint density at radius 1 is 1.18 bits per heavy atom. The van der Waals surface area contributed by atoms with Gasteiger partial charge in [-0.05, 0) is 0 Å². The standard InChI is InChI=1S/C7H4F6N2O2/c1-15-4(7(11,12)13)2(5(16)17)3(14-15)6(8,9)10/h1H3,(H,16,17). The Balaban J connectivity index is 3.64. The van der Waals surface area contributed by atoms with Crippen LogP contribution in [-0.2, 0) is 19.4 Å². The van der Waals surface area contributed by atoms with Crippen molar-refractivity contribution in [3.8, 4) is 0 Å². The zero-order chi connectivity index (χ0) is 13.6. The van der Waals surface area contributed by atoms with Crippen LogP contribution in [0.3, 0.4) is 0 Å². The summed E-state index contributed by atoms with van der Waals surface area (Å²) >= 11 is 0. The lowest BCUT2D eigenvalue weighted by molar-refractivity contribution is -0.144. The van der Waals surface area contributed by atoms with Crippen molar-refractivity contribution in [1.29, 1.82) is 0 Å². The molecule has 17 heavy (non-hydrogen) atoms. The minimum atomic E-state index is -5.27. The number of hydrogen-bond acceptors (Lipinski definition) is 2. The van der Waals surface area contributed by atoms with Gasteiger partial charge >= 0.3 is 18.3 Å². The van der Waals surface area contributed by atoms with Crippen LogP contribution in [0, 0.1) is 0 Å². The normalized spacial score (nSPS) is 12.9. The molecule has 0 unspecified atom stereocenters. The molecule has 1 aromatic heterocycles. The highest BCUT2D eigenvalue weighted by molar-refractivity contribution is 5.90. The van der Waals surface area contributed by atoms with Crippen LogP contribution in [0.15, 0.2) is 0 Å². The van der Waals surface area contributed by atoms with Crippen molar-refractivity contribution in [1.82, 2.24) is 9.78 Å². The molecule has 1 aromatic rings. The monoisotopic (exact) mass is 262 g/mol. The number of aryl methyl sites for hydroxylation is 1. The number of rotatable bonds is 1. The summed E-state index contributed by atoms with van der Waals surface area (Å²) in [5.74, 6) is -2.34. The van der Waals surface area contributed by atoms with E-state index in [4.69, 9.17) is 5.11 Å². The predicted molar refractivity (Wildman–Crippen MR) is 40.2 cm³/mol. The maximum absolute atomic E-state index is 12.4. The lowest BCUT2D eigenvalue weighted by atomic mass is 10.1. The Morgan fingerprint density at radius 3 is 1.94 bits per heavy atom. The van der Waals surface area contributed by atoms with E-state index in [2.05, 4.69) is 5.10 Å². The van der Waals surface area contributed by atoms with Crippen LogP contribution in [0.2, 0.25) is 0 Å². The first-order chi connectivity index (χ1) is 7.46. The van der Waals surface area contributed by atoms with Crippen LogP contribution in [0.1, 0.15) is 21.7 Å². The number of halogens is 6. The lowest BCUT2D eigenvalue weighted by Gasteiger charge is -2.08. The second-order valence-corrected chi connectivity index (χ2v) is 3.00. The second-order valence-electron chi connectivity index (χ2n) is 3.00. The van der Waals surface area contributed by atoms with Gasteiger partial charge in [-0.3, -0.25) is 4.68 Å². The Bertz CT molecular complexity index is 458. The summed E-state index contributed by atoms with van der Waals surface area (Å²) in [7, 11) is 0.588. The molecule has 0 fully saturated rings. The van der Waals surface area contributed by atoms with Gasteiger partial charge in [0.25, 0.3) is 0 Å². The van der Waals surface area contributed by atoms with E-state index in [9.17, 15) is 31.1 Å². The molecule has 0 aliphatic heterocycles. The molecule has 0 radical (unpaired) electrons. The Labute approximate surface area is 89.4 Å². The number of hydrogen-bond donors (Lipinski definition) is 1. The third kappa shape index (κ3) is 2.34. The van der Waals surface area contributed by atoms with Gasteiger partial charge in [0.05, 0.1) is 0 Å². The molecule has 10 heteroatoms. The molecule has 0 bridgehead atoms. The molecule has 1 N–H and O–H groups in total. The summed E-state index contributed by atoms with van der Waals surface area (Å²) in [6.45, 7) is 0. The quantitative estimate of drug-likeness (QED) is 0.789. The number of carboxylic acids is 1. The highest BCUT2D eigenvalue weighted by atomic mass is 19.4. The first kappa shape index (κ1) is 13.3. The van der Waals surface area contributed by atoms with E-state index in [1.165, 1.54) is 0 Å². The predicted octanol–water partition coefficient (Wildman–Crippen LogP) is 2.16. The van der Waals surface area contributed by atoms with Crippen molar-refractivity contribution in [2.24, 2.45) is 7.05 Å². The van der Waals surface area contributed by atoms with Crippen LogP contribution < -0.4 is 0 Å². The van der Waals surface area contributed by atoms with E-state index in [1.807, 2.05) is 0 Å². The summed E-state index contributed by atoms with van der Waals surface area (Å²) in [6.07, 6.45) is -10.5. The van der Waals surface area contributed by atoms with Crippen molar-refractivity contribution in [2.75, 3.05) is 0 Å². The molecule has 4 nitrogen and oxygen atoms in total. The van der Waals surface area contributed by atoms with E-state index in [1.54, 1.807) is 0 Å². The van der Waals surface area contributed by atoms with Crippen LogP contribution >= 0.6 is 0 Å². The summed E-state index contributed by atoms with van der Waals surface area (Å²) in [4.78, 5) is 10.5. The minimum absolute atomic E-state index is 0.147. The number of alkyl halides is 6. The Morgan fingerprint density at radius 2 is 1.65 bits per heavy atom. The molecule has 0 spiro atoms. The minimum Gasteiger partial charge on any atom is -0.478 e. The Hall–Kier alpha value is -1.74. The van der Waals surface area contributed by atoms with Crippen LogP contribution in [-0.4, -0.2) is 20.9 Å². The van der Waals surface area contributed by atoms with Gasteiger partial charge in [0, 0.05) is 7.05 Å². The first-order valence-corrected chi connectivity index (χ1v) is 3.91. The smallest absolute Gasteiger partial charge is 0.436 e. The van der Waals surface area contributed by atoms with Crippen molar-refractivity contribution in [2.45, 2.75) is 12.4 Å². The third-order valence-corrected chi connectivity index (χ3v) is 1.80. The molecule has 0 atom stereocenters. The molecule has 0 saturated carbocycles. The average Bonchev–Trinajstić information content (AvgIpc) is 2.40. The fourth-order valence-electron chi connectivity index (χ4n) is 1.25. The number of nitrogens with zero attached hydrogens (tertiary/aromatic N) is 2. The van der Waals surface area contributed by atoms with Crippen molar-refractivity contribution >= 4 is 5.97 Å². The molecule has 96 valence electrons. The highest BCUT2D eigenvalue weighted by Gasteiger charge is 2.48. The van der Waals surface area contributed by atoms with Gasteiger partial charge in [-0.1, -0.05) is 0 Å². The maximum Gasteiger partial charge on any atom is 0.436 e. The maximum atomic E-state index is 12.4. The van der Waals surface area contributed by atoms with Crippen molar-refractivity contribution in [3.05, 3.63) is 17.0 Å². The molecule has 0 aliphatic carbocycles. The van der Waals surface area contributed by atoms with E-state index < -0.39 is 35.3 Å². The van der Waals surface area contributed by atoms with Crippen LogP contribution in [0.5, 0.6) is 0 Å². The van der Waals surface area contributed by atoms with Crippen molar-refractivity contribution in [3.63, 3.8) is 0 Å². The van der Waals surface area contributed by atoms with E-state index in [-0.39, 0.29) is 4.68 Å². The number of aromatic nitrogens is 2. The van der Waals surface area contributed by atoms with Gasteiger partial charge in [0.15, 0.2) is 11.4 Å². The molecule has 1 rings (SSSR count). The summed E-state index contributed by atoms with van der Waals surface area (Å²) < 4.78 is 73.8. The largest absolute Gasteiger partial charge is 0.478 e. The molecule has 0 amide bonds. The first-order valence-electron chi connectivity index (χ1n) is 3.91. The van der Waals surface area contributed by atoms with E-state index >= 15 is 0 Å². The van der Waals surface area contributed by atoms with Crippen LogP contribution in [0.4, 0.5) is 26.3 Å². The number of carbonyl (C=O) groups is 1. The van der Waals surface area contributed by atoms with Crippen LogP contribution in [0.25, 0.3) is 0 Å². The lowest BCUT2D eigenvalue weighted by Crippen LogP contribution is -2.17. The van der Waals surface area contributed by atoms with Gasteiger partial charge in [-0.2, -0.15) is 31.4 Å². The Kier molecular flexibility index (Phi) is 2.85. The molecule has 1 heterocycles. The summed E-state index contributed by atoms with van der Waals surface area (Å²) in [5.41, 5.74) is -5.91. The summed E-state index contributed by atoms with van der Waals surface area (Å²) in [5, 5.41) is 11.0. The molecule has 0 aromatic carbocycles. The van der Waals surface area contributed by atoms with Crippen molar-refractivity contribution < 1.29 is 36.2 Å². The fourth-order valence-corrected chi connectivity index (χ4v) is 1.25. The van der Waals surface area contributed by atoms with E-state index in [0.717, 1.165) is 0 Å². The molecule has 0 aliphatic rings. The van der Waals surface area contributed by atoms with Gasteiger partial charge in [0.2, 0.25) is 0 Å². The number of carboxylic acid groups (broad SMARTS) is 1. The van der Waals surface area contributed by atoms with Gasteiger partial charge in [-0.15, -0.1) is 0 Å². The summed E-state index contributed by atoms with van der Waals surface area (Å²) in [6, 6.07) is 0.